The van der Waals surface area contributed by atoms with Gasteiger partial charge in [-0.1, -0.05) is 30.3 Å². The van der Waals surface area contributed by atoms with Gasteiger partial charge in [0.1, 0.15) is 0 Å². The number of hydrogen-bond acceptors (Lipinski definition) is 3. The summed E-state index contributed by atoms with van der Waals surface area (Å²) in [6.07, 6.45) is 0. The van der Waals surface area contributed by atoms with Crippen LogP contribution in [0.25, 0.3) is 0 Å². The molecule has 13 heavy (non-hydrogen) atoms. The molecule has 0 atom stereocenters. The molecule has 1 aromatic carbocycles. The fourth-order valence-corrected chi connectivity index (χ4v) is 2.28. The van der Waals surface area contributed by atoms with Gasteiger partial charge in [0.2, 0.25) is 0 Å². The molecule has 0 aliphatic rings. The van der Waals surface area contributed by atoms with E-state index in [4.69, 9.17) is 5.73 Å². The van der Waals surface area contributed by atoms with Crippen LogP contribution in [0.1, 0.15) is 5.56 Å². The van der Waals surface area contributed by atoms with Crippen molar-refractivity contribution >= 4 is 9.84 Å². The SMILES string of the molecule is NCCS(=O)(=O)Cc1ccccc1. The van der Waals surface area contributed by atoms with Gasteiger partial charge in [0.05, 0.1) is 11.5 Å². The first-order chi connectivity index (χ1) is 6.14. The van der Waals surface area contributed by atoms with E-state index in [-0.39, 0.29) is 18.1 Å². The molecule has 0 heterocycles. The average molecular weight is 199 g/mol. The second-order valence-corrected chi connectivity index (χ2v) is 5.05. The van der Waals surface area contributed by atoms with Gasteiger partial charge in [0.15, 0.2) is 9.84 Å². The number of sulfone groups is 1. The fraction of sp³-hybridized carbons (Fsp3) is 0.333. The van der Waals surface area contributed by atoms with Crippen LogP contribution in [0, 0.1) is 0 Å². The van der Waals surface area contributed by atoms with Gasteiger partial charge in [0.25, 0.3) is 0 Å². The van der Waals surface area contributed by atoms with Gasteiger partial charge in [0, 0.05) is 6.54 Å². The van der Waals surface area contributed by atoms with Crippen LogP contribution in [0.15, 0.2) is 30.3 Å². The van der Waals surface area contributed by atoms with Gasteiger partial charge in [-0.15, -0.1) is 0 Å². The third kappa shape index (κ3) is 3.57. The van der Waals surface area contributed by atoms with E-state index in [2.05, 4.69) is 0 Å². The van der Waals surface area contributed by atoms with Crippen molar-refractivity contribution < 1.29 is 8.42 Å². The molecule has 0 radical (unpaired) electrons. The minimum absolute atomic E-state index is 0.0574. The molecule has 0 bridgehead atoms. The molecular formula is C9H13NO2S. The van der Waals surface area contributed by atoms with Gasteiger partial charge in [-0.3, -0.25) is 0 Å². The van der Waals surface area contributed by atoms with Gasteiger partial charge < -0.3 is 5.73 Å². The number of hydrogen-bond donors (Lipinski definition) is 1. The maximum absolute atomic E-state index is 11.3. The summed E-state index contributed by atoms with van der Waals surface area (Å²) in [5.74, 6) is 0.146. The van der Waals surface area contributed by atoms with Crippen molar-refractivity contribution in [3.8, 4) is 0 Å². The molecule has 2 N–H and O–H groups in total. The summed E-state index contributed by atoms with van der Waals surface area (Å²) >= 11 is 0. The molecule has 0 amide bonds. The highest BCUT2D eigenvalue weighted by atomic mass is 32.2. The van der Waals surface area contributed by atoms with Gasteiger partial charge in [-0.25, -0.2) is 8.42 Å². The second kappa shape index (κ2) is 4.39. The van der Waals surface area contributed by atoms with E-state index < -0.39 is 9.84 Å². The Kier molecular flexibility index (Phi) is 3.45. The lowest BCUT2D eigenvalue weighted by atomic mass is 10.2. The smallest absolute Gasteiger partial charge is 0.155 e. The third-order valence-corrected chi connectivity index (χ3v) is 3.29. The molecule has 0 saturated carbocycles. The first-order valence-electron chi connectivity index (χ1n) is 4.08. The minimum Gasteiger partial charge on any atom is -0.329 e. The predicted octanol–water partition coefficient (Wildman–Crippen LogP) is 0.560. The van der Waals surface area contributed by atoms with E-state index in [1.807, 2.05) is 18.2 Å². The van der Waals surface area contributed by atoms with Crippen molar-refractivity contribution in [2.24, 2.45) is 5.73 Å². The van der Waals surface area contributed by atoms with Crippen LogP contribution in [0.2, 0.25) is 0 Å². The summed E-state index contributed by atoms with van der Waals surface area (Å²) in [4.78, 5) is 0. The van der Waals surface area contributed by atoms with Crippen molar-refractivity contribution in [3.05, 3.63) is 35.9 Å². The maximum Gasteiger partial charge on any atom is 0.155 e. The number of benzene rings is 1. The van der Waals surface area contributed by atoms with Crippen LogP contribution < -0.4 is 5.73 Å². The minimum atomic E-state index is -3.01. The topological polar surface area (TPSA) is 60.2 Å². The van der Waals surface area contributed by atoms with E-state index in [0.29, 0.717) is 0 Å². The lowest BCUT2D eigenvalue weighted by Crippen LogP contribution is -2.17. The summed E-state index contributed by atoms with van der Waals surface area (Å²) < 4.78 is 22.6. The molecular weight excluding hydrogens is 186 g/mol. The third-order valence-electron chi connectivity index (χ3n) is 1.66. The molecule has 0 fully saturated rings. The van der Waals surface area contributed by atoms with Gasteiger partial charge in [-0.2, -0.15) is 0 Å². The van der Waals surface area contributed by atoms with Gasteiger partial charge >= 0.3 is 0 Å². The molecule has 0 unspecified atom stereocenters. The lowest BCUT2D eigenvalue weighted by Gasteiger charge is -2.01. The van der Waals surface area contributed by atoms with Crippen molar-refractivity contribution in [3.63, 3.8) is 0 Å². The molecule has 0 saturated heterocycles. The van der Waals surface area contributed by atoms with Crippen LogP contribution in [0.3, 0.4) is 0 Å². The number of rotatable bonds is 4. The molecule has 0 aliphatic heterocycles. The first kappa shape index (κ1) is 10.2. The zero-order valence-corrected chi connectivity index (χ0v) is 8.13. The Morgan fingerprint density at radius 1 is 1.15 bits per heavy atom. The largest absolute Gasteiger partial charge is 0.329 e. The van der Waals surface area contributed by atoms with Crippen LogP contribution in [-0.2, 0) is 15.6 Å². The van der Waals surface area contributed by atoms with Crippen molar-refractivity contribution in [2.45, 2.75) is 5.75 Å². The van der Waals surface area contributed by atoms with E-state index in [9.17, 15) is 8.42 Å². The van der Waals surface area contributed by atoms with Crippen LogP contribution in [0.4, 0.5) is 0 Å². The van der Waals surface area contributed by atoms with E-state index in [1.165, 1.54) is 0 Å². The predicted molar refractivity (Wildman–Crippen MR) is 53.0 cm³/mol. The molecule has 0 aromatic heterocycles. The lowest BCUT2D eigenvalue weighted by molar-refractivity contribution is 0.595. The standard InChI is InChI=1S/C9H13NO2S/c10-6-7-13(11,12)8-9-4-2-1-3-5-9/h1-5H,6-8,10H2. The van der Waals surface area contributed by atoms with Crippen molar-refractivity contribution in [2.75, 3.05) is 12.3 Å². The summed E-state index contributed by atoms with van der Waals surface area (Å²) in [6, 6.07) is 9.11. The number of nitrogens with two attached hydrogens (primary N) is 1. The highest BCUT2D eigenvalue weighted by Crippen LogP contribution is 2.05. The summed E-state index contributed by atoms with van der Waals surface area (Å²) in [6.45, 7) is 0.190. The van der Waals surface area contributed by atoms with Gasteiger partial charge in [-0.05, 0) is 5.56 Å². The molecule has 1 rings (SSSR count). The Morgan fingerprint density at radius 3 is 2.31 bits per heavy atom. The monoisotopic (exact) mass is 199 g/mol. The maximum atomic E-state index is 11.3. The van der Waals surface area contributed by atoms with Crippen molar-refractivity contribution in [1.29, 1.82) is 0 Å². The molecule has 4 heteroatoms. The van der Waals surface area contributed by atoms with E-state index in [1.54, 1.807) is 12.1 Å². The molecule has 1 aromatic rings. The zero-order valence-electron chi connectivity index (χ0n) is 7.31. The molecule has 3 nitrogen and oxygen atoms in total. The molecule has 72 valence electrons. The van der Waals surface area contributed by atoms with E-state index in [0.717, 1.165) is 5.56 Å². The summed E-state index contributed by atoms with van der Waals surface area (Å²) in [7, 11) is -3.01. The Hall–Kier alpha value is -0.870. The summed E-state index contributed by atoms with van der Waals surface area (Å²) in [5, 5.41) is 0. The molecule has 0 spiro atoms. The highest BCUT2D eigenvalue weighted by molar-refractivity contribution is 7.90. The quantitative estimate of drug-likeness (QED) is 0.770. The zero-order chi connectivity index (χ0) is 9.73. The Balaban J connectivity index is 2.70. The first-order valence-corrected chi connectivity index (χ1v) is 5.90. The van der Waals surface area contributed by atoms with E-state index >= 15 is 0 Å². The average Bonchev–Trinajstić information content (AvgIpc) is 2.04. The Labute approximate surface area is 78.5 Å². The Morgan fingerprint density at radius 2 is 1.77 bits per heavy atom. The fourth-order valence-electron chi connectivity index (χ4n) is 1.08. The Bertz CT molecular complexity index is 345. The van der Waals surface area contributed by atoms with Crippen LogP contribution in [-0.4, -0.2) is 20.7 Å². The van der Waals surface area contributed by atoms with Crippen molar-refractivity contribution in [1.82, 2.24) is 0 Å². The second-order valence-electron chi connectivity index (χ2n) is 2.87. The summed E-state index contributed by atoms with van der Waals surface area (Å²) in [5.41, 5.74) is 6.00. The highest BCUT2D eigenvalue weighted by Gasteiger charge is 2.09. The normalized spacial score (nSPS) is 11.5. The van der Waals surface area contributed by atoms with Crippen LogP contribution in [0.5, 0.6) is 0 Å². The molecule has 0 aliphatic carbocycles. The van der Waals surface area contributed by atoms with Crippen LogP contribution >= 0.6 is 0 Å².